The third kappa shape index (κ3) is 2.69. The van der Waals surface area contributed by atoms with E-state index in [1.54, 1.807) is 0 Å². The Bertz CT molecular complexity index is 348. The van der Waals surface area contributed by atoms with Gasteiger partial charge in [0, 0.05) is 18.8 Å². The van der Waals surface area contributed by atoms with Gasteiger partial charge in [-0.05, 0) is 53.2 Å². The van der Waals surface area contributed by atoms with Gasteiger partial charge in [0.1, 0.15) is 5.82 Å². The van der Waals surface area contributed by atoms with Crippen molar-refractivity contribution in [3.8, 4) is 0 Å². The zero-order valence-corrected chi connectivity index (χ0v) is 10.4. The van der Waals surface area contributed by atoms with Crippen molar-refractivity contribution in [1.82, 2.24) is 4.98 Å². The normalized spacial score (nSPS) is 24.7. The molecule has 3 nitrogen and oxygen atoms in total. The molecule has 0 bridgehead atoms. The van der Waals surface area contributed by atoms with Gasteiger partial charge in [0.25, 0.3) is 0 Å². The number of nitrogens with one attached hydrogen (secondary N) is 1. The van der Waals surface area contributed by atoms with E-state index in [2.05, 4.69) is 32.3 Å². The number of aromatic nitrogens is 1. The molecular formula is C11H16BrN3. The van der Waals surface area contributed by atoms with Gasteiger partial charge in [-0.2, -0.15) is 0 Å². The molecule has 0 amide bonds. The van der Waals surface area contributed by atoms with Crippen LogP contribution < -0.4 is 11.1 Å². The summed E-state index contributed by atoms with van der Waals surface area (Å²) in [6.45, 7) is 3.01. The molecule has 0 saturated heterocycles. The van der Waals surface area contributed by atoms with Crippen molar-refractivity contribution < 1.29 is 0 Å². The maximum Gasteiger partial charge on any atom is 0.140 e. The standard InChI is InChI=1S/C11H16BrN3/c1-7-2-10(12)11(14-5-7)15-6-8-3-9(13)4-8/h2,5,8-9H,3-4,6,13H2,1H3,(H,14,15). The molecule has 0 atom stereocenters. The monoisotopic (exact) mass is 269 g/mol. The lowest BCUT2D eigenvalue weighted by Crippen LogP contribution is -2.39. The third-order valence-corrected chi connectivity index (χ3v) is 3.41. The van der Waals surface area contributed by atoms with Gasteiger partial charge in [-0.1, -0.05) is 0 Å². The molecule has 1 fully saturated rings. The Morgan fingerprint density at radius 3 is 2.93 bits per heavy atom. The van der Waals surface area contributed by atoms with Gasteiger partial charge in [-0.25, -0.2) is 4.98 Å². The zero-order chi connectivity index (χ0) is 10.8. The van der Waals surface area contributed by atoms with E-state index in [4.69, 9.17) is 5.73 Å². The van der Waals surface area contributed by atoms with Crippen LogP contribution in [0, 0.1) is 12.8 Å². The minimum Gasteiger partial charge on any atom is -0.369 e. The quantitative estimate of drug-likeness (QED) is 0.886. The SMILES string of the molecule is Cc1cnc(NCC2CC(N)C2)c(Br)c1. The molecule has 1 aromatic heterocycles. The molecule has 1 aliphatic rings. The first-order valence-corrected chi connectivity index (χ1v) is 6.06. The summed E-state index contributed by atoms with van der Waals surface area (Å²) in [5.74, 6) is 1.65. The van der Waals surface area contributed by atoms with Crippen LogP contribution in [-0.4, -0.2) is 17.6 Å². The first-order chi connectivity index (χ1) is 7.15. The second-order valence-electron chi connectivity index (χ2n) is 4.32. The summed E-state index contributed by atoms with van der Waals surface area (Å²) in [6, 6.07) is 2.49. The van der Waals surface area contributed by atoms with Crippen LogP contribution in [0.1, 0.15) is 18.4 Å². The van der Waals surface area contributed by atoms with Crippen LogP contribution in [0.15, 0.2) is 16.7 Å². The summed E-state index contributed by atoms with van der Waals surface area (Å²) in [5.41, 5.74) is 6.90. The van der Waals surface area contributed by atoms with Crippen LogP contribution in [-0.2, 0) is 0 Å². The van der Waals surface area contributed by atoms with E-state index in [9.17, 15) is 0 Å². The van der Waals surface area contributed by atoms with Crippen molar-refractivity contribution in [2.75, 3.05) is 11.9 Å². The molecule has 0 radical (unpaired) electrons. The van der Waals surface area contributed by atoms with Crippen molar-refractivity contribution in [2.45, 2.75) is 25.8 Å². The number of nitrogens with two attached hydrogens (primary N) is 1. The molecule has 0 aliphatic heterocycles. The number of anilines is 1. The predicted molar refractivity (Wildman–Crippen MR) is 65.9 cm³/mol. The number of halogens is 1. The van der Waals surface area contributed by atoms with E-state index in [1.807, 2.05) is 13.1 Å². The maximum atomic E-state index is 5.73. The highest BCUT2D eigenvalue weighted by Crippen LogP contribution is 2.27. The van der Waals surface area contributed by atoms with E-state index < -0.39 is 0 Å². The molecule has 15 heavy (non-hydrogen) atoms. The van der Waals surface area contributed by atoms with Crippen molar-refractivity contribution in [3.63, 3.8) is 0 Å². The predicted octanol–water partition coefficient (Wildman–Crippen LogP) is 2.30. The van der Waals surface area contributed by atoms with E-state index >= 15 is 0 Å². The first-order valence-electron chi connectivity index (χ1n) is 5.26. The van der Waals surface area contributed by atoms with Crippen LogP contribution in [0.25, 0.3) is 0 Å². The molecule has 1 aliphatic carbocycles. The lowest BCUT2D eigenvalue weighted by Gasteiger charge is -2.32. The second kappa shape index (κ2) is 4.49. The van der Waals surface area contributed by atoms with E-state index in [0.717, 1.165) is 41.2 Å². The van der Waals surface area contributed by atoms with Gasteiger partial charge in [-0.15, -0.1) is 0 Å². The van der Waals surface area contributed by atoms with Crippen LogP contribution in [0.5, 0.6) is 0 Å². The number of pyridine rings is 1. The van der Waals surface area contributed by atoms with E-state index in [1.165, 1.54) is 0 Å². The molecule has 4 heteroatoms. The second-order valence-corrected chi connectivity index (χ2v) is 5.18. The molecule has 82 valence electrons. The molecule has 0 aromatic carbocycles. The minimum atomic E-state index is 0.422. The average molecular weight is 270 g/mol. The molecule has 0 spiro atoms. The summed E-state index contributed by atoms with van der Waals surface area (Å²) < 4.78 is 1.03. The zero-order valence-electron chi connectivity index (χ0n) is 8.83. The van der Waals surface area contributed by atoms with Gasteiger partial charge in [-0.3, -0.25) is 0 Å². The van der Waals surface area contributed by atoms with Crippen LogP contribution in [0.4, 0.5) is 5.82 Å². The Hall–Kier alpha value is -0.610. The number of hydrogen-bond donors (Lipinski definition) is 2. The summed E-state index contributed by atoms with van der Waals surface area (Å²) in [7, 11) is 0. The highest BCUT2D eigenvalue weighted by Gasteiger charge is 2.25. The molecule has 3 N–H and O–H groups in total. The fourth-order valence-electron chi connectivity index (χ4n) is 1.86. The lowest BCUT2D eigenvalue weighted by molar-refractivity contribution is 0.280. The number of aryl methyl sites for hydroxylation is 1. The van der Waals surface area contributed by atoms with Crippen LogP contribution in [0.3, 0.4) is 0 Å². The summed E-state index contributed by atoms with van der Waals surface area (Å²) in [6.07, 6.45) is 4.15. The van der Waals surface area contributed by atoms with Crippen molar-refractivity contribution >= 4 is 21.7 Å². The lowest BCUT2D eigenvalue weighted by atomic mass is 9.81. The maximum absolute atomic E-state index is 5.73. The largest absolute Gasteiger partial charge is 0.369 e. The first kappa shape index (κ1) is 10.9. The highest BCUT2D eigenvalue weighted by atomic mass is 79.9. The Labute approximate surface area is 98.6 Å². The van der Waals surface area contributed by atoms with E-state index in [0.29, 0.717) is 6.04 Å². The van der Waals surface area contributed by atoms with Crippen molar-refractivity contribution in [3.05, 3.63) is 22.3 Å². The number of hydrogen-bond acceptors (Lipinski definition) is 3. The molecule has 1 saturated carbocycles. The fourth-order valence-corrected chi connectivity index (χ4v) is 2.46. The molecule has 0 unspecified atom stereocenters. The summed E-state index contributed by atoms with van der Waals surface area (Å²) >= 11 is 3.50. The minimum absolute atomic E-state index is 0.422. The van der Waals surface area contributed by atoms with Gasteiger partial charge >= 0.3 is 0 Å². The van der Waals surface area contributed by atoms with Gasteiger partial charge in [0.15, 0.2) is 0 Å². The highest BCUT2D eigenvalue weighted by molar-refractivity contribution is 9.10. The summed E-state index contributed by atoms with van der Waals surface area (Å²) in [5, 5.41) is 3.35. The Morgan fingerprint density at radius 2 is 2.33 bits per heavy atom. The molecule has 2 rings (SSSR count). The Morgan fingerprint density at radius 1 is 1.60 bits per heavy atom. The number of nitrogens with zero attached hydrogens (tertiary/aromatic N) is 1. The fraction of sp³-hybridized carbons (Fsp3) is 0.545. The molecule has 1 aromatic rings. The van der Waals surface area contributed by atoms with Crippen molar-refractivity contribution in [1.29, 1.82) is 0 Å². The average Bonchev–Trinajstić information content (AvgIpc) is 2.13. The van der Waals surface area contributed by atoms with Gasteiger partial charge < -0.3 is 11.1 Å². The molecule has 1 heterocycles. The van der Waals surface area contributed by atoms with E-state index in [-0.39, 0.29) is 0 Å². The van der Waals surface area contributed by atoms with Crippen molar-refractivity contribution in [2.24, 2.45) is 11.7 Å². The topological polar surface area (TPSA) is 50.9 Å². The van der Waals surface area contributed by atoms with Crippen LogP contribution in [0.2, 0.25) is 0 Å². The molecular weight excluding hydrogens is 254 g/mol. The Kier molecular flexibility index (Phi) is 3.26. The summed E-state index contributed by atoms with van der Waals surface area (Å²) in [4.78, 5) is 4.34. The van der Waals surface area contributed by atoms with Gasteiger partial charge in [0.2, 0.25) is 0 Å². The smallest absolute Gasteiger partial charge is 0.140 e. The Balaban J connectivity index is 1.88. The third-order valence-electron chi connectivity index (χ3n) is 2.81. The van der Waals surface area contributed by atoms with Crippen LogP contribution >= 0.6 is 15.9 Å². The van der Waals surface area contributed by atoms with Gasteiger partial charge in [0.05, 0.1) is 4.47 Å². The number of rotatable bonds is 3.